The Morgan fingerprint density at radius 2 is 2.38 bits per heavy atom. The fourth-order valence-corrected chi connectivity index (χ4v) is 1.95. The van der Waals surface area contributed by atoms with Crippen molar-refractivity contribution < 1.29 is 4.79 Å². The van der Waals surface area contributed by atoms with E-state index < -0.39 is 0 Å². The van der Waals surface area contributed by atoms with Crippen LogP contribution in [-0.2, 0) is 4.79 Å². The van der Waals surface area contributed by atoms with Crippen LogP contribution in [0.1, 0.15) is 32.6 Å². The third-order valence-corrected chi connectivity index (χ3v) is 2.75. The van der Waals surface area contributed by atoms with Gasteiger partial charge in [-0.3, -0.25) is 4.79 Å². The molecule has 1 heterocycles. The van der Waals surface area contributed by atoms with E-state index in [9.17, 15) is 4.79 Å². The van der Waals surface area contributed by atoms with Crippen LogP contribution in [-0.4, -0.2) is 37.0 Å². The lowest BCUT2D eigenvalue weighted by atomic mass is 10.1. The third-order valence-electron chi connectivity index (χ3n) is 2.75. The van der Waals surface area contributed by atoms with Gasteiger partial charge in [-0.1, -0.05) is 6.92 Å². The zero-order valence-corrected chi connectivity index (χ0v) is 8.68. The molecule has 0 radical (unpaired) electrons. The molecule has 1 atom stereocenters. The number of rotatable bonds is 5. The van der Waals surface area contributed by atoms with Gasteiger partial charge in [-0.15, -0.1) is 0 Å². The number of likely N-dealkylation sites (tertiary alicyclic amines) is 1. The van der Waals surface area contributed by atoms with Crippen molar-refractivity contribution >= 4 is 5.91 Å². The van der Waals surface area contributed by atoms with Crippen molar-refractivity contribution in [1.29, 1.82) is 0 Å². The minimum atomic E-state index is 0.350. The van der Waals surface area contributed by atoms with Gasteiger partial charge in [0.1, 0.15) is 0 Å². The summed E-state index contributed by atoms with van der Waals surface area (Å²) in [4.78, 5) is 13.5. The normalized spacial score (nSPS) is 19.5. The average molecular weight is 184 g/mol. The molecule has 0 saturated carbocycles. The Morgan fingerprint density at radius 3 is 2.85 bits per heavy atom. The summed E-state index contributed by atoms with van der Waals surface area (Å²) < 4.78 is 0. The first-order valence-electron chi connectivity index (χ1n) is 5.23. The van der Waals surface area contributed by atoms with Crippen molar-refractivity contribution in [2.45, 2.75) is 38.6 Å². The van der Waals surface area contributed by atoms with E-state index in [1.54, 1.807) is 0 Å². The third kappa shape index (κ3) is 2.69. The summed E-state index contributed by atoms with van der Waals surface area (Å²) in [7, 11) is 1.96. The van der Waals surface area contributed by atoms with Gasteiger partial charge in [0, 0.05) is 19.0 Å². The molecule has 0 aromatic carbocycles. The summed E-state index contributed by atoms with van der Waals surface area (Å²) in [5.74, 6) is 0.350. The molecule has 1 rings (SSSR count). The molecule has 1 saturated heterocycles. The van der Waals surface area contributed by atoms with Gasteiger partial charge in [-0.05, 0) is 32.9 Å². The predicted molar refractivity (Wildman–Crippen MR) is 53.6 cm³/mol. The van der Waals surface area contributed by atoms with Crippen LogP contribution >= 0.6 is 0 Å². The van der Waals surface area contributed by atoms with Crippen molar-refractivity contribution in [1.82, 2.24) is 10.2 Å². The summed E-state index contributed by atoms with van der Waals surface area (Å²) in [6.07, 6.45) is 3.97. The molecule has 76 valence electrons. The molecule has 1 aliphatic rings. The van der Waals surface area contributed by atoms with E-state index in [1.807, 2.05) is 7.05 Å². The molecule has 0 bridgehead atoms. The Hall–Kier alpha value is -0.570. The highest BCUT2D eigenvalue weighted by Gasteiger charge is 2.25. The lowest BCUT2D eigenvalue weighted by molar-refractivity contribution is -0.129. The molecule has 1 amide bonds. The van der Waals surface area contributed by atoms with Crippen LogP contribution in [0.3, 0.4) is 0 Å². The maximum atomic E-state index is 11.4. The number of nitrogens with one attached hydrogen (secondary N) is 1. The van der Waals surface area contributed by atoms with Gasteiger partial charge in [0.15, 0.2) is 0 Å². The van der Waals surface area contributed by atoms with Gasteiger partial charge in [0.25, 0.3) is 0 Å². The predicted octanol–water partition coefficient (Wildman–Crippen LogP) is 0.997. The van der Waals surface area contributed by atoms with E-state index in [-0.39, 0.29) is 0 Å². The number of carbonyl (C=O) groups is 1. The van der Waals surface area contributed by atoms with Gasteiger partial charge >= 0.3 is 0 Å². The molecule has 0 aromatic heterocycles. The van der Waals surface area contributed by atoms with Crippen molar-refractivity contribution in [2.75, 3.05) is 20.1 Å². The van der Waals surface area contributed by atoms with Crippen LogP contribution < -0.4 is 5.32 Å². The number of carbonyl (C=O) groups excluding carboxylic acids is 1. The molecule has 3 heteroatoms. The van der Waals surface area contributed by atoms with Gasteiger partial charge in [-0.2, -0.15) is 0 Å². The molecular weight excluding hydrogens is 164 g/mol. The standard InChI is InChI=1S/C10H20N2O/c1-3-9(6-7-11-2)12-8-4-5-10(12)13/h9,11H,3-8H2,1-2H3. The zero-order chi connectivity index (χ0) is 9.68. The molecule has 1 unspecified atom stereocenters. The first-order chi connectivity index (χ1) is 6.29. The van der Waals surface area contributed by atoms with Crippen molar-refractivity contribution in [3.63, 3.8) is 0 Å². The molecule has 3 nitrogen and oxygen atoms in total. The second-order valence-corrected chi connectivity index (χ2v) is 3.64. The molecule has 1 fully saturated rings. The summed E-state index contributed by atoms with van der Waals surface area (Å²) in [5.41, 5.74) is 0. The first kappa shape index (κ1) is 10.5. The van der Waals surface area contributed by atoms with Crippen LogP contribution in [0.5, 0.6) is 0 Å². The average Bonchev–Trinajstić information content (AvgIpc) is 2.54. The van der Waals surface area contributed by atoms with Crippen LogP contribution in [0.25, 0.3) is 0 Å². The maximum Gasteiger partial charge on any atom is 0.222 e. The fourth-order valence-electron chi connectivity index (χ4n) is 1.95. The topological polar surface area (TPSA) is 32.3 Å². The molecule has 1 N–H and O–H groups in total. The minimum Gasteiger partial charge on any atom is -0.340 e. The number of nitrogens with zero attached hydrogens (tertiary/aromatic N) is 1. The summed E-state index contributed by atoms with van der Waals surface area (Å²) >= 11 is 0. The van der Waals surface area contributed by atoms with E-state index in [2.05, 4.69) is 17.1 Å². The fraction of sp³-hybridized carbons (Fsp3) is 0.900. The van der Waals surface area contributed by atoms with Gasteiger partial charge in [0.2, 0.25) is 5.91 Å². The van der Waals surface area contributed by atoms with Gasteiger partial charge in [-0.25, -0.2) is 0 Å². The highest BCUT2D eigenvalue weighted by atomic mass is 16.2. The van der Waals surface area contributed by atoms with Crippen LogP contribution in [0.2, 0.25) is 0 Å². The Balaban J connectivity index is 2.40. The highest BCUT2D eigenvalue weighted by molar-refractivity contribution is 5.78. The number of amides is 1. The van der Waals surface area contributed by atoms with E-state index in [0.717, 1.165) is 38.8 Å². The Kier molecular flexibility index (Phi) is 4.22. The Morgan fingerprint density at radius 1 is 1.62 bits per heavy atom. The Labute approximate surface area is 80.5 Å². The largest absolute Gasteiger partial charge is 0.340 e. The highest BCUT2D eigenvalue weighted by Crippen LogP contribution is 2.17. The van der Waals surface area contributed by atoms with Gasteiger partial charge < -0.3 is 10.2 Å². The molecule has 0 spiro atoms. The second kappa shape index (κ2) is 5.22. The first-order valence-corrected chi connectivity index (χ1v) is 5.23. The van der Waals surface area contributed by atoms with Crippen LogP contribution in [0.15, 0.2) is 0 Å². The summed E-state index contributed by atoms with van der Waals surface area (Å²) in [6, 6.07) is 0.461. The van der Waals surface area contributed by atoms with Crippen molar-refractivity contribution in [2.24, 2.45) is 0 Å². The summed E-state index contributed by atoms with van der Waals surface area (Å²) in [5, 5.41) is 3.13. The number of hydrogen-bond donors (Lipinski definition) is 1. The van der Waals surface area contributed by atoms with E-state index in [0.29, 0.717) is 11.9 Å². The maximum absolute atomic E-state index is 11.4. The Bertz CT molecular complexity index is 170. The van der Waals surface area contributed by atoms with Crippen LogP contribution in [0, 0.1) is 0 Å². The lowest BCUT2D eigenvalue weighted by Crippen LogP contribution is -2.37. The smallest absolute Gasteiger partial charge is 0.222 e. The second-order valence-electron chi connectivity index (χ2n) is 3.64. The zero-order valence-electron chi connectivity index (χ0n) is 8.68. The quantitative estimate of drug-likeness (QED) is 0.691. The van der Waals surface area contributed by atoms with Crippen molar-refractivity contribution in [3.05, 3.63) is 0 Å². The van der Waals surface area contributed by atoms with E-state index in [4.69, 9.17) is 0 Å². The molecule has 0 aliphatic carbocycles. The van der Waals surface area contributed by atoms with Crippen LogP contribution in [0.4, 0.5) is 0 Å². The lowest BCUT2D eigenvalue weighted by Gasteiger charge is -2.26. The molecule has 1 aliphatic heterocycles. The van der Waals surface area contributed by atoms with Crippen molar-refractivity contribution in [3.8, 4) is 0 Å². The molecule has 0 aromatic rings. The van der Waals surface area contributed by atoms with Gasteiger partial charge in [0.05, 0.1) is 0 Å². The molecular formula is C10H20N2O. The summed E-state index contributed by atoms with van der Waals surface area (Å²) in [6.45, 7) is 4.13. The monoisotopic (exact) mass is 184 g/mol. The van der Waals surface area contributed by atoms with E-state index in [1.165, 1.54) is 0 Å². The molecule has 13 heavy (non-hydrogen) atoms. The number of hydrogen-bond acceptors (Lipinski definition) is 2. The minimum absolute atomic E-state index is 0.350. The van der Waals surface area contributed by atoms with E-state index >= 15 is 0 Å². The SMILES string of the molecule is CCC(CCNC)N1CCCC1=O.